The maximum absolute atomic E-state index is 10.2. The first-order valence-electron chi connectivity index (χ1n) is 3.44. The zero-order valence-electron chi connectivity index (χ0n) is 7.12. The van der Waals surface area contributed by atoms with Crippen molar-refractivity contribution in [3.63, 3.8) is 0 Å². The van der Waals surface area contributed by atoms with Crippen molar-refractivity contribution in [3.8, 4) is 0 Å². The van der Waals surface area contributed by atoms with E-state index in [4.69, 9.17) is 9.47 Å². The van der Waals surface area contributed by atoms with Crippen molar-refractivity contribution in [1.29, 1.82) is 0 Å². The van der Waals surface area contributed by atoms with Crippen LogP contribution >= 0.6 is 0 Å². The Morgan fingerprint density at radius 3 is 2.55 bits per heavy atom. The van der Waals surface area contributed by atoms with E-state index in [0.717, 1.165) is 0 Å². The molecular formula is C7H14O4. The third kappa shape index (κ3) is 7.29. The van der Waals surface area contributed by atoms with Crippen molar-refractivity contribution >= 4 is 5.97 Å². The van der Waals surface area contributed by atoms with Gasteiger partial charge in [0.25, 0.3) is 0 Å². The first-order chi connectivity index (χ1) is 5.16. The number of carbonyl (C=O) groups is 1. The lowest BCUT2D eigenvalue weighted by atomic mass is 10.7. The molecule has 0 rings (SSSR count). The molecule has 0 fully saturated rings. The summed E-state index contributed by atoms with van der Waals surface area (Å²) in [5.41, 5.74) is 0. The summed E-state index contributed by atoms with van der Waals surface area (Å²) < 4.78 is 14.5. The van der Waals surface area contributed by atoms with Crippen molar-refractivity contribution in [2.45, 2.75) is 20.1 Å². The topological polar surface area (TPSA) is 44.8 Å². The molecule has 0 aliphatic rings. The Kier molecular flexibility index (Phi) is 5.78. The molecule has 0 N–H and O–H groups in total. The van der Waals surface area contributed by atoms with Gasteiger partial charge in [0.1, 0.15) is 6.61 Å². The predicted octanol–water partition coefficient (Wildman–Crippen LogP) is 0.558. The summed E-state index contributed by atoms with van der Waals surface area (Å²) in [6.07, 6.45) is -0.245. The van der Waals surface area contributed by atoms with E-state index in [-0.39, 0.29) is 18.9 Å². The summed E-state index contributed by atoms with van der Waals surface area (Å²) in [7, 11) is 1.55. The highest BCUT2D eigenvalue weighted by Gasteiger charge is 1.98. The van der Waals surface area contributed by atoms with Crippen molar-refractivity contribution in [1.82, 2.24) is 0 Å². The molecule has 0 aliphatic heterocycles. The summed E-state index contributed by atoms with van der Waals surface area (Å²) >= 11 is 0. The lowest BCUT2D eigenvalue weighted by Crippen LogP contribution is -2.15. The molecule has 0 radical (unpaired) electrons. The minimum atomic E-state index is -0.293. The Labute approximate surface area is 66.4 Å². The van der Waals surface area contributed by atoms with E-state index in [1.54, 1.807) is 14.0 Å². The fourth-order valence-corrected chi connectivity index (χ4v) is 0.468. The Balaban J connectivity index is 3.08. The smallest absolute Gasteiger partial charge is 0.302 e. The highest BCUT2D eigenvalue weighted by molar-refractivity contribution is 5.65. The van der Waals surface area contributed by atoms with Crippen LogP contribution in [0.15, 0.2) is 0 Å². The number of esters is 1. The minimum absolute atomic E-state index is 0.245. The van der Waals surface area contributed by atoms with Crippen LogP contribution in [-0.2, 0) is 19.0 Å². The van der Waals surface area contributed by atoms with E-state index in [9.17, 15) is 4.79 Å². The zero-order chi connectivity index (χ0) is 8.69. The van der Waals surface area contributed by atoms with Gasteiger partial charge in [-0.05, 0) is 6.92 Å². The number of ether oxygens (including phenoxy) is 3. The average molecular weight is 162 g/mol. The lowest BCUT2D eigenvalue weighted by molar-refractivity contribution is -0.150. The van der Waals surface area contributed by atoms with E-state index in [2.05, 4.69) is 4.74 Å². The number of methoxy groups -OCH3 is 1. The molecule has 0 aromatic heterocycles. The van der Waals surface area contributed by atoms with Gasteiger partial charge in [-0.15, -0.1) is 0 Å². The largest absolute Gasteiger partial charge is 0.463 e. The van der Waals surface area contributed by atoms with Gasteiger partial charge in [0.2, 0.25) is 0 Å². The fourth-order valence-electron chi connectivity index (χ4n) is 0.468. The van der Waals surface area contributed by atoms with E-state index < -0.39 is 0 Å². The SMILES string of the molecule is COC(C)OCCOC(C)=O. The van der Waals surface area contributed by atoms with Crippen LogP contribution in [0.3, 0.4) is 0 Å². The molecule has 4 nitrogen and oxygen atoms in total. The molecule has 66 valence electrons. The lowest BCUT2D eigenvalue weighted by Gasteiger charge is -2.09. The Bertz CT molecular complexity index is 113. The van der Waals surface area contributed by atoms with Gasteiger partial charge in [-0.25, -0.2) is 0 Å². The van der Waals surface area contributed by atoms with Gasteiger partial charge in [0.15, 0.2) is 6.29 Å². The maximum atomic E-state index is 10.2. The van der Waals surface area contributed by atoms with Crippen LogP contribution < -0.4 is 0 Å². The molecule has 1 atom stereocenters. The summed E-state index contributed by atoms with van der Waals surface area (Å²) in [6, 6.07) is 0. The highest BCUT2D eigenvalue weighted by atomic mass is 16.7. The fraction of sp³-hybridized carbons (Fsp3) is 0.857. The van der Waals surface area contributed by atoms with Crippen molar-refractivity contribution in [2.75, 3.05) is 20.3 Å². The van der Waals surface area contributed by atoms with Gasteiger partial charge in [-0.3, -0.25) is 4.79 Å². The van der Waals surface area contributed by atoms with Crippen LogP contribution in [-0.4, -0.2) is 32.6 Å². The Hall–Kier alpha value is -0.610. The summed E-state index contributed by atoms with van der Waals surface area (Å²) in [4.78, 5) is 10.2. The summed E-state index contributed by atoms with van der Waals surface area (Å²) in [6.45, 7) is 3.78. The first-order valence-corrected chi connectivity index (χ1v) is 3.44. The second-order valence-electron chi connectivity index (χ2n) is 2.01. The molecule has 4 heteroatoms. The average Bonchev–Trinajstić information content (AvgIpc) is 1.97. The standard InChI is InChI=1S/C7H14O4/c1-6(8)10-4-5-11-7(2)9-3/h7H,4-5H2,1-3H3. The monoisotopic (exact) mass is 162 g/mol. The van der Waals surface area contributed by atoms with Crippen LogP contribution in [0.5, 0.6) is 0 Å². The quantitative estimate of drug-likeness (QED) is 0.336. The molecule has 0 aromatic carbocycles. The highest BCUT2D eigenvalue weighted by Crippen LogP contribution is 1.89. The molecule has 0 bridgehead atoms. The van der Waals surface area contributed by atoms with Crippen molar-refractivity contribution < 1.29 is 19.0 Å². The second-order valence-corrected chi connectivity index (χ2v) is 2.01. The zero-order valence-corrected chi connectivity index (χ0v) is 7.12. The van der Waals surface area contributed by atoms with Crippen LogP contribution in [0.1, 0.15) is 13.8 Å². The molecule has 0 spiro atoms. The molecule has 0 amide bonds. The minimum Gasteiger partial charge on any atom is -0.463 e. The normalized spacial score (nSPS) is 12.6. The van der Waals surface area contributed by atoms with E-state index in [0.29, 0.717) is 6.61 Å². The van der Waals surface area contributed by atoms with Gasteiger partial charge in [-0.2, -0.15) is 0 Å². The first kappa shape index (κ1) is 10.4. The van der Waals surface area contributed by atoms with Gasteiger partial charge in [0, 0.05) is 14.0 Å². The number of rotatable bonds is 5. The van der Waals surface area contributed by atoms with E-state index in [1.165, 1.54) is 6.92 Å². The molecular weight excluding hydrogens is 148 g/mol. The third-order valence-corrected chi connectivity index (χ3v) is 1.07. The number of carbonyl (C=O) groups excluding carboxylic acids is 1. The van der Waals surface area contributed by atoms with Gasteiger partial charge in [0.05, 0.1) is 6.61 Å². The molecule has 0 saturated heterocycles. The van der Waals surface area contributed by atoms with Crippen LogP contribution in [0.25, 0.3) is 0 Å². The molecule has 1 unspecified atom stereocenters. The van der Waals surface area contributed by atoms with Crippen LogP contribution in [0.4, 0.5) is 0 Å². The molecule has 11 heavy (non-hydrogen) atoms. The number of hydrogen-bond donors (Lipinski definition) is 0. The van der Waals surface area contributed by atoms with Crippen molar-refractivity contribution in [2.24, 2.45) is 0 Å². The van der Waals surface area contributed by atoms with Crippen LogP contribution in [0.2, 0.25) is 0 Å². The molecule has 0 aromatic rings. The predicted molar refractivity (Wildman–Crippen MR) is 39.1 cm³/mol. The van der Waals surface area contributed by atoms with Crippen LogP contribution in [0, 0.1) is 0 Å². The Morgan fingerprint density at radius 2 is 2.09 bits per heavy atom. The van der Waals surface area contributed by atoms with Gasteiger partial charge < -0.3 is 14.2 Å². The third-order valence-electron chi connectivity index (χ3n) is 1.07. The molecule has 0 saturated carbocycles. The van der Waals surface area contributed by atoms with E-state index in [1.807, 2.05) is 0 Å². The van der Waals surface area contributed by atoms with E-state index >= 15 is 0 Å². The molecule has 0 heterocycles. The number of hydrogen-bond acceptors (Lipinski definition) is 4. The maximum Gasteiger partial charge on any atom is 0.302 e. The summed E-state index contributed by atoms with van der Waals surface area (Å²) in [5.74, 6) is -0.293. The Morgan fingerprint density at radius 1 is 1.45 bits per heavy atom. The van der Waals surface area contributed by atoms with Gasteiger partial charge in [-0.1, -0.05) is 0 Å². The molecule has 0 aliphatic carbocycles. The van der Waals surface area contributed by atoms with Gasteiger partial charge >= 0.3 is 5.97 Å². The summed E-state index contributed by atoms with van der Waals surface area (Å²) in [5, 5.41) is 0. The second kappa shape index (κ2) is 6.12. The van der Waals surface area contributed by atoms with Crippen molar-refractivity contribution in [3.05, 3.63) is 0 Å².